The molecule has 0 heterocycles. The number of rotatable bonds is 3. The van der Waals surface area contributed by atoms with Crippen LogP contribution in [-0.4, -0.2) is 7.05 Å². The van der Waals surface area contributed by atoms with Crippen molar-refractivity contribution < 1.29 is 0 Å². The second-order valence-corrected chi connectivity index (χ2v) is 5.67. The van der Waals surface area contributed by atoms with Gasteiger partial charge in [-0.05, 0) is 42.4 Å². The minimum absolute atomic E-state index is 0.105. The van der Waals surface area contributed by atoms with Crippen LogP contribution in [0.15, 0.2) is 46.9 Å². The Morgan fingerprint density at radius 2 is 1.61 bits per heavy atom. The molecule has 1 N–H and O–H groups in total. The summed E-state index contributed by atoms with van der Waals surface area (Å²) in [6, 6.07) is 13.7. The van der Waals surface area contributed by atoms with Gasteiger partial charge in [-0.15, -0.1) is 0 Å². The molecule has 0 fully saturated rings. The van der Waals surface area contributed by atoms with Gasteiger partial charge in [0.15, 0.2) is 0 Å². The summed E-state index contributed by atoms with van der Waals surface area (Å²) in [6.45, 7) is 0. The van der Waals surface area contributed by atoms with E-state index in [1.54, 1.807) is 0 Å². The zero-order valence-corrected chi connectivity index (χ0v) is 12.9. The van der Waals surface area contributed by atoms with E-state index in [1.807, 2.05) is 49.5 Å². The van der Waals surface area contributed by atoms with E-state index in [1.165, 1.54) is 0 Å². The lowest BCUT2D eigenvalue weighted by atomic mass is 9.99. The largest absolute Gasteiger partial charge is 0.309 e. The Balaban J connectivity index is 2.41. The molecule has 0 radical (unpaired) electrons. The van der Waals surface area contributed by atoms with Gasteiger partial charge >= 0.3 is 0 Å². The molecular weight excluding hydrogens is 333 g/mol. The van der Waals surface area contributed by atoms with Crippen LogP contribution in [0.5, 0.6) is 0 Å². The van der Waals surface area contributed by atoms with E-state index >= 15 is 0 Å². The van der Waals surface area contributed by atoms with Crippen LogP contribution < -0.4 is 5.32 Å². The Morgan fingerprint density at radius 3 is 2.17 bits per heavy atom. The molecule has 0 amide bonds. The molecule has 4 heteroatoms. The van der Waals surface area contributed by atoms with E-state index in [-0.39, 0.29) is 6.04 Å². The van der Waals surface area contributed by atoms with E-state index in [4.69, 9.17) is 23.2 Å². The lowest BCUT2D eigenvalue weighted by Crippen LogP contribution is -2.18. The van der Waals surface area contributed by atoms with Crippen molar-refractivity contribution in [3.63, 3.8) is 0 Å². The van der Waals surface area contributed by atoms with Crippen LogP contribution in [-0.2, 0) is 0 Å². The van der Waals surface area contributed by atoms with Gasteiger partial charge < -0.3 is 5.32 Å². The summed E-state index contributed by atoms with van der Waals surface area (Å²) in [7, 11) is 1.93. The van der Waals surface area contributed by atoms with Gasteiger partial charge in [0.05, 0.1) is 6.04 Å². The number of hydrogen-bond donors (Lipinski definition) is 1. The summed E-state index contributed by atoms with van der Waals surface area (Å²) in [5.41, 5.74) is 2.30. The van der Waals surface area contributed by atoms with Crippen LogP contribution in [0, 0.1) is 0 Å². The van der Waals surface area contributed by atoms with Crippen LogP contribution in [0.1, 0.15) is 17.2 Å². The molecule has 1 unspecified atom stereocenters. The highest BCUT2D eigenvalue weighted by atomic mass is 79.9. The minimum atomic E-state index is 0.105. The first kappa shape index (κ1) is 13.9. The molecular formula is C14H12BrCl2N. The van der Waals surface area contributed by atoms with E-state index in [2.05, 4.69) is 21.2 Å². The Bertz CT molecular complexity index is 540. The monoisotopic (exact) mass is 343 g/mol. The lowest BCUT2D eigenvalue weighted by Gasteiger charge is -2.19. The third-order valence-electron chi connectivity index (χ3n) is 2.77. The van der Waals surface area contributed by atoms with Crippen LogP contribution in [0.25, 0.3) is 0 Å². The van der Waals surface area contributed by atoms with Crippen molar-refractivity contribution >= 4 is 39.1 Å². The van der Waals surface area contributed by atoms with Crippen molar-refractivity contribution in [2.45, 2.75) is 6.04 Å². The Kier molecular flexibility index (Phi) is 4.68. The van der Waals surface area contributed by atoms with Crippen molar-refractivity contribution in [3.8, 4) is 0 Å². The molecule has 0 spiro atoms. The smallest absolute Gasteiger partial charge is 0.0585 e. The topological polar surface area (TPSA) is 12.0 Å². The van der Waals surface area contributed by atoms with Crippen molar-refractivity contribution in [2.24, 2.45) is 0 Å². The molecule has 0 aliphatic carbocycles. The maximum Gasteiger partial charge on any atom is 0.0585 e. The molecule has 1 atom stereocenters. The summed E-state index contributed by atoms with van der Waals surface area (Å²) in [4.78, 5) is 0. The fourth-order valence-corrected chi connectivity index (χ4v) is 2.93. The van der Waals surface area contributed by atoms with Gasteiger partial charge in [-0.1, -0.05) is 57.3 Å². The predicted octanol–water partition coefficient (Wildman–Crippen LogP) is 5.06. The zero-order chi connectivity index (χ0) is 13.1. The number of hydrogen-bond acceptors (Lipinski definition) is 1. The quantitative estimate of drug-likeness (QED) is 0.820. The molecule has 0 aliphatic heterocycles. The predicted molar refractivity (Wildman–Crippen MR) is 81.5 cm³/mol. The van der Waals surface area contributed by atoms with Gasteiger partial charge in [0.1, 0.15) is 0 Å². The summed E-state index contributed by atoms with van der Waals surface area (Å²) >= 11 is 15.4. The first-order valence-electron chi connectivity index (χ1n) is 5.49. The molecule has 0 saturated carbocycles. The third kappa shape index (κ3) is 3.07. The molecule has 2 rings (SSSR count). The standard InChI is InChI=1S/C14H12BrCl2N/c1-18-14(9-2-4-10(16)5-3-9)12-7-6-11(17)8-13(12)15/h2-8,14,18H,1H3. The highest BCUT2D eigenvalue weighted by Gasteiger charge is 2.14. The Labute approximate surface area is 125 Å². The highest BCUT2D eigenvalue weighted by molar-refractivity contribution is 9.10. The van der Waals surface area contributed by atoms with Gasteiger partial charge in [0.2, 0.25) is 0 Å². The van der Waals surface area contributed by atoms with Crippen LogP contribution in [0.3, 0.4) is 0 Å². The SMILES string of the molecule is CNC(c1ccc(Cl)cc1)c1ccc(Cl)cc1Br. The second-order valence-electron chi connectivity index (χ2n) is 3.94. The molecule has 94 valence electrons. The van der Waals surface area contributed by atoms with Crippen LogP contribution >= 0.6 is 39.1 Å². The highest BCUT2D eigenvalue weighted by Crippen LogP contribution is 2.30. The molecule has 0 aliphatic rings. The molecule has 0 bridgehead atoms. The van der Waals surface area contributed by atoms with Gasteiger partial charge in [0, 0.05) is 14.5 Å². The summed E-state index contributed by atoms with van der Waals surface area (Å²) in [5, 5.41) is 4.76. The van der Waals surface area contributed by atoms with E-state index in [9.17, 15) is 0 Å². The fourth-order valence-electron chi connectivity index (χ4n) is 1.89. The van der Waals surface area contributed by atoms with Gasteiger partial charge in [0.25, 0.3) is 0 Å². The number of halogens is 3. The van der Waals surface area contributed by atoms with Crippen LogP contribution in [0.4, 0.5) is 0 Å². The first-order valence-corrected chi connectivity index (χ1v) is 7.04. The Morgan fingerprint density at radius 1 is 1.00 bits per heavy atom. The number of benzene rings is 2. The zero-order valence-electron chi connectivity index (χ0n) is 9.75. The van der Waals surface area contributed by atoms with E-state index in [0.29, 0.717) is 0 Å². The van der Waals surface area contributed by atoms with E-state index < -0.39 is 0 Å². The van der Waals surface area contributed by atoms with Crippen molar-refractivity contribution in [1.29, 1.82) is 0 Å². The molecule has 0 saturated heterocycles. The lowest BCUT2D eigenvalue weighted by molar-refractivity contribution is 0.689. The van der Waals surface area contributed by atoms with Crippen molar-refractivity contribution in [2.75, 3.05) is 7.05 Å². The molecule has 1 nitrogen and oxygen atoms in total. The van der Waals surface area contributed by atoms with Gasteiger partial charge in [-0.2, -0.15) is 0 Å². The average Bonchev–Trinajstić information content (AvgIpc) is 2.35. The average molecular weight is 345 g/mol. The fraction of sp³-hybridized carbons (Fsp3) is 0.143. The normalized spacial score (nSPS) is 12.4. The summed E-state index contributed by atoms with van der Waals surface area (Å²) in [6.07, 6.45) is 0. The maximum absolute atomic E-state index is 5.96. The minimum Gasteiger partial charge on any atom is -0.309 e. The first-order chi connectivity index (χ1) is 8.61. The Hall–Kier alpha value is -0.540. The van der Waals surface area contributed by atoms with Crippen molar-refractivity contribution in [3.05, 3.63) is 68.1 Å². The molecule has 2 aromatic carbocycles. The molecule has 0 aromatic heterocycles. The second kappa shape index (κ2) is 6.07. The molecule has 2 aromatic rings. The summed E-state index contributed by atoms with van der Waals surface area (Å²) < 4.78 is 0.990. The van der Waals surface area contributed by atoms with Crippen molar-refractivity contribution in [1.82, 2.24) is 5.32 Å². The third-order valence-corrected chi connectivity index (χ3v) is 3.94. The van der Waals surface area contributed by atoms with E-state index in [0.717, 1.165) is 25.6 Å². The van der Waals surface area contributed by atoms with Crippen LogP contribution in [0.2, 0.25) is 10.0 Å². The summed E-state index contributed by atoms with van der Waals surface area (Å²) in [5.74, 6) is 0. The molecule has 18 heavy (non-hydrogen) atoms. The van der Waals surface area contributed by atoms with Gasteiger partial charge in [-0.25, -0.2) is 0 Å². The number of nitrogens with one attached hydrogen (secondary N) is 1. The maximum atomic E-state index is 5.96. The van der Waals surface area contributed by atoms with Gasteiger partial charge in [-0.3, -0.25) is 0 Å².